The summed E-state index contributed by atoms with van der Waals surface area (Å²) in [6.45, 7) is 5.22. The minimum atomic E-state index is 0.222. The number of nitrogens with two attached hydrogens (primary N) is 1. The summed E-state index contributed by atoms with van der Waals surface area (Å²) in [5.41, 5.74) is 7.15. The van der Waals surface area contributed by atoms with Gasteiger partial charge in [0.05, 0.1) is 5.69 Å². The van der Waals surface area contributed by atoms with Crippen molar-refractivity contribution in [3.63, 3.8) is 0 Å². The zero-order valence-corrected chi connectivity index (χ0v) is 10.8. The first-order valence-corrected chi connectivity index (χ1v) is 6.20. The highest BCUT2D eigenvalue weighted by molar-refractivity contribution is 7.09. The molecule has 4 heteroatoms. The second-order valence-corrected chi connectivity index (χ2v) is 5.53. The lowest BCUT2D eigenvalue weighted by Crippen LogP contribution is -2.28. The molecule has 1 atom stereocenters. The van der Waals surface area contributed by atoms with Gasteiger partial charge in [-0.1, -0.05) is 13.8 Å². The molecule has 0 aliphatic carbocycles. The Morgan fingerprint density at radius 1 is 1.47 bits per heavy atom. The average molecular weight is 227 g/mol. The van der Waals surface area contributed by atoms with Gasteiger partial charge in [0.15, 0.2) is 0 Å². The Balaban J connectivity index is 2.53. The molecule has 0 saturated heterocycles. The van der Waals surface area contributed by atoms with Crippen LogP contribution in [0.1, 0.15) is 24.5 Å². The lowest BCUT2D eigenvalue weighted by molar-refractivity contribution is 0.400. The van der Waals surface area contributed by atoms with Gasteiger partial charge in [0, 0.05) is 24.4 Å². The van der Waals surface area contributed by atoms with Gasteiger partial charge >= 0.3 is 0 Å². The fourth-order valence-electron chi connectivity index (χ4n) is 1.26. The van der Waals surface area contributed by atoms with Crippen LogP contribution in [0.25, 0.3) is 0 Å². The molecule has 1 aromatic heterocycles. The number of thiazole rings is 1. The lowest BCUT2D eigenvalue weighted by Gasteiger charge is -2.13. The Hall–Kier alpha value is -0.450. The van der Waals surface area contributed by atoms with Crippen molar-refractivity contribution in [2.75, 3.05) is 14.1 Å². The van der Waals surface area contributed by atoms with Gasteiger partial charge in [-0.2, -0.15) is 0 Å². The number of hydrogen-bond donors (Lipinski definition) is 1. The first-order chi connectivity index (χ1) is 6.99. The van der Waals surface area contributed by atoms with E-state index in [0.717, 1.165) is 18.7 Å². The summed E-state index contributed by atoms with van der Waals surface area (Å²) >= 11 is 1.72. The van der Waals surface area contributed by atoms with Gasteiger partial charge in [-0.3, -0.25) is 0 Å². The van der Waals surface area contributed by atoms with Crippen LogP contribution in [-0.4, -0.2) is 30.0 Å². The largest absolute Gasteiger partial charge is 0.327 e. The average Bonchev–Trinajstić information content (AvgIpc) is 2.51. The van der Waals surface area contributed by atoms with Crippen molar-refractivity contribution in [2.45, 2.75) is 32.9 Å². The molecule has 0 amide bonds. The molecular weight excluding hydrogens is 206 g/mol. The summed E-state index contributed by atoms with van der Waals surface area (Å²) in [4.78, 5) is 6.70. The van der Waals surface area contributed by atoms with Gasteiger partial charge in [0.2, 0.25) is 0 Å². The Bertz CT molecular complexity index is 294. The van der Waals surface area contributed by atoms with Crippen molar-refractivity contribution < 1.29 is 0 Å². The summed E-state index contributed by atoms with van der Waals surface area (Å²) in [6, 6.07) is 0.222. The Kier molecular flexibility index (Phi) is 4.70. The van der Waals surface area contributed by atoms with Gasteiger partial charge < -0.3 is 10.6 Å². The molecule has 1 aromatic rings. The van der Waals surface area contributed by atoms with Crippen molar-refractivity contribution in [1.82, 2.24) is 9.88 Å². The molecule has 1 unspecified atom stereocenters. The normalized spacial score (nSPS) is 13.8. The predicted molar refractivity (Wildman–Crippen MR) is 66.0 cm³/mol. The minimum Gasteiger partial charge on any atom is -0.327 e. The van der Waals surface area contributed by atoms with Crippen molar-refractivity contribution in [2.24, 2.45) is 11.7 Å². The van der Waals surface area contributed by atoms with E-state index < -0.39 is 0 Å². The number of aromatic nitrogens is 1. The molecule has 0 bridgehead atoms. The van der Waals surface area contributed by atoms with E-state index in [1.807, 2.05) is 0 Å². The Morgan fingerprint density at radius 2 is 2.13 bits per heavy atom. The fraction of sp³-hybridized carbons (Fsp3) is 0.727. The Labute approximate surface area is 96.3 Å². The molecule has 0 radical (unpaired) electrons. The number of nitrogens with zero attached hydrogens (tertiary/aromatic N) is 2. The van der Waals surface area contributed by atoms with Crippen LogP contribution in [0.5, 0.6) is 0 Å². The van der Waals surface area contributed by atoms with Gasteiger partial charge in [0.25, 0.3) is 0 Å². The maximum atomic E-state index is 6.01. The van der Waals surface area contributed by atoms with E-state index >= 15 is 0 Å². The second-order valence-electron chi connectivity index (χ2n) is 4.58. The van der Waals surface area contributed by atoms with E-state index in [1.54, 1.807) is 11.3 Å². The van der Waals surface area contributed by atoms with Crippen molar-refractivity contribution in [3.8, 4) is 0 Å². The maximum Gasteiger partial charge on any atom is 0.107 e. The molecule has 1 heterocycles. The monoisotopic (exact) mass is 227 g/mol. The van der Waals surface area contributed by atoms with Crippen molar-refractivity contribution >= 4 is 11.3 Å². The topological polar surface area (TPSA) is 42.1 Å². The van der Waals surface area contributed by atoms with E-state index in [2.05, 4.69) is 43.2 Å². The molecule has 0 spiro atoms. The molecule has 0 fully saturated rings. The van der Waals surface area contributed by atoms with E-state index in [0.29, 0.717) is 5.92 Å². The highest BCUT2D eigenvalue weighted by Crippen LogP contribution is 2.14. The van der Waals surface area contributed by atoms with Gasteiger partial charge in [-0.15, -0.1) is 11.3 Å². The molecule has 0 aliphatic rings. The number of rotatable bonds is 5. The van der Waals surface area contributed by atoms with Crippen LogP contribution in [0.3, 0.4) is 0 Å². The van der Waals surface area contributed by atoms with Crippen molar-refractivity contribution in [1.29, 1.82) is 0 Å². The Morgan fingerprint density at radius 3 is 2.67 bits per heavy atom. The van der Waals surface area contributed by atoms with Crippen LogP contribution < -0.4 is 5.73 Å². The summed E-state index contributed by atoms with van der Waals surface area (Å²) in [5, 5.41) is 3.30. The molecule has 0 aromatic carbocycles. The van der Waals surface area contributed by atoms with Crippen LogP contribution in [-0.2, 0) is 13.0 Å². The van der Waals surface area contributed by atoms with E-state index in [9.17, 15) is 0 Å². The van der Waals surface area contributed by atoms with Crippen LogP contribution in [0, 0.1) is 5.92 Å². The SMILES string of the molecule is CC(C)C(N)Cc1csc(CN(C)C)n1. The van der Waals surface area contributed by atoms with Crippen LogP contribution in [0.15, 0.2) is 5.38 Å². The molecule has 2 N–H and O–H groups in total. The standard InChI is InChI=1S/C11H21N3S/c1-8(2)10(12)5-9-7-15-11(13-9)6-14(3)4/h7-8,10H,5-6,12H2,1-4H3. The number of hydrogen-bond acceptors (Lipinski definition) is 4. The highest BCUT2D eigenvalue weighted by atomic mass is 32.1. The van der Waals surface area contributed by atoms with Crippen LogP contribution in [0.2, 0.25) is 0 Å². The maximum absolute atomic E-state index is 6.01. The zero-order chi connectivity index (χ0) is 11.4. The van der Waals surface area contributed by atoms with Crippen LogP contribution >= 0.6 is 11.3 Å². The van der Waals surface area contributed by atoms with E-state index in [4.69, 9.17) is 5.73 Å². The molecule has 3 nitrogen and oxygen atoms in total. The fourth-order valence-corrected chi connectivity index (χ4v) is 2.19. The minimum absolute atomic E-state index is 0.222. The molecular formula is C11H21N3S. The van der Waals surface area contributed by atoms with Crippen molar-refractivity contribution in [3.05, 3.63) is 16.1 Å². The first kappa shape index (κ1) is 12.6. The molecule has 86 valence electrons. The van der Waals surface area contributed by atoms with Gasteiger partial charge in [-0.05, 0) is 20.0 Å². The summed E-state index contributed by atoms with van der Waals surface area (Å²) in [6.07, 6.45) is 0.890. The van der Waals surface area contributed by atoms with Gasteiger partial charge in [-0.25, -0.2) is 4.98 Å². The lowest BCUT2D eigenvalue weighted by atomic mass is 10.0. The van der Waals surface area contributed by atoms with Gasteiger partial charge in [0.1, 0.15) is 5.01 Å². The predicted octanol–water partition coefficient (Wildman–Crippen LogP) is 1.73. The third kappa shape index (κ3) is 4.28. The summed E-state index contributed by atoms with van der Waals surface area (Å²) < 4.78 is 0. The third-order valence-corrected chi connectivity index (χ3v) is 3.23. The second kappa shape index (κ2) is 5.58. The summed E-state index contributed by atoms with van der Waals surface area (Å²) in [7, 11) is 4.11. The van der Waals surface area contributed by atoms with Crippen LogP contribution in [0.4, 0.5) is 0 Å². The van der Waals surface area contributed by atoms with E-state index in [1.165, 1.54) is 5.01 Å². The zero-order valence-electron chi connectivity index (χ0n) is 10.0. The molecule has 1 rings (SSSR count). The smallest absolute Gasteiger partial charge is 0.107 e. The highest BCUT2D eigenvalue weighted by Gasteiger charge is 2.11. The summed E-state index contributed by atoms with van der Waals surface area (Å²) in [5.74, 6) is 0.518. The molecule has 15 heavy (non-hydrogen) atoms. The molecule has 0 saturated carbocycles. The quantitative estimate of drug-likeness (QED) is 0.833. The molecule has 0 aliphatic heterocycles. The van der Waals surface area contributed by atoms with E-state index in [-0.39, 0.29) is 6.04 Å². The third-order valence-electron chi connectivity index (χ3n) is 2.35. The first-order valence-electron chi connectivity index (χ1n) is 5.32.